The van der Waals surface area contributed by atoms with Gasteiger partial charge in [0.15, 0.2) is 0 Å². The summed E-state index contributed by atoms with van der Waals surface area (Å²) in [6, 6.07) is 21.5. The van der Waals surface area contributed by atoms with Crippen LogP contribution in [-0.2, 0) is 16.0 Å². The summed E-state index contributed by atoms with van der Waals surface area (Å²) in [5.41, 5.74) is 1.20. The smallest absolute Gasteiger partial charge is 0.328 e. The van der Waals surface area contributed by atoms with Gasteiger partial charge in [-0.25, -0.2) is 4.79 Å². The molecule has 4 nitrogen and oxygen atoms in total. The van der Waals surface area contributed by atoms with Gasteiger partial charge in [-0.15, -0.1) is 0 Å². The Labute approximate surface area is 189 Å². The number of methoxy groups -OCH3 is 1. The molecule has 6 heteroatoms. The number of rotatable bonds is 5. The first-order chi connectivity index (χ1) is 15.0. The zero-order valence-corrected chi connectivity index (χ0v) is 18.2. The van der Waals surface area contributed by atoms with E-state index in [9.17, 15) is 9.59 Å². The normalized spacial score (nSPS) is 12.0. The van der Waals surface area contributed by atoms with Crippen molar-refractivity contribution in [2.75, 3.05) is 7.11 Å². The van der Waals surface area contributed by atoms with Crippen molar-refractivity contribution < 1.29 is 14.3 Å². The van der Waals surface area contributed by atoms with Gasteiger partial charge in [0.25, 0.3) is 5.91 Å². The molecule has 0 heterocycles. The second-order valence-electron chi connectivity index (χ2n) is 7.18. The van der Waals surface area contributed by atoms with E-state index < -0.39 is 12.0 Å². The van der Waals surface area contributed by atoms with Crippen LogP contribution < -0.4 is 5.32 Å². The molecule has 0 aliphatic heterocycles. The topological polar surface area (TPSA) is 55.4 Å². The van der Waals surface area contributed by atoms with Gasteiger partial charge >= 0.3 is 5.97 Å². The molecule has 4 aromatic carbocycles. The summed E-state index contributed by atoms with van der Waals surface area (Å²) in [5.74, 6) is -0.905. The number of carbonyl (C=O) groups is 2. The molecular weight excluding hydrogens is 433 g/mol. The third-order valence-corrected chi connectivity index (χ3v) is 5.82. The predicted octanol–water partition coefficient (Wildman–Crippen LogP) is 5.81. The molecule has 4 rings (SSSR count). The van der Waals surface area contributed by atoms with Crippen molar-refractivity contribution in [2.45, 2.75) is 12.5 Å². The Morgan fingerprint density at radius 2 is 1.52 bits per heavy atom. The number of amides is 1. The standard InChI is InChI=1S/C25H19Cl2NO3/c1-31-25(30)22(13-17-10-11-18(26)14-21(17)27)28-24(29)23-19-8-4-2-6-15(19)12-16-7-3-5-9-20(16)23/h2-12,14,22H,13H2,1H3,(H,28,29)/t22-/m0/s1. The van der Waals surface area contributed by atoms with Gasteiger partial charge in [0.05, 0.1) is 12.7 Å². The average molecular weight is 452 g/mol. The Morgan fingerprint density at radius 1 is 0.903 bits per heavy atom. The van der Waals surface area contributed by atoms with Crippen LogP contribution in [0.3, 0.4) is 0 Å². The third kappa shape index (κ3) is 4.36. The Morgan fingerprint density at radius 3 is 2.10 bits per heavy atom. The van der Waals surface area contributed by atoms with Crippen LogP contribution in [-0.4, -0.2) is 25.0 Å². The van der Waals surface area contributed by atoms with Crippen LogP contribution in [0.2, 0.25) is 10.0 Å². The lowest BCUT2D eigenvalue weighted by Crippen LogP contribution is -2.43. The summed E-state index contributed by atoms with van der Waals surface area (Å²) < 4.78 is 4.94. The fourth-order valence-electron chi connectivity index (χ4n) is 3.73. The minimum absolute atomic E-state index is 0.178. The number of hydrogen-bond donors (Lipinski definition) is 1. The molecule has 0 radical (unpaired) electrons. The molecule has 0 fully saturated rings. The molecule has 0 aliphatic rings. The molecular formula is C25H19Cl2NO3. The van der Waals surface area contributed by atoms with E-state index in [0.29, 0.717) is 21.2 Å². The fraction of sp³-hybridized carbons (Fsp3) is 0.120. The van der Waals surface area contributed by atoms with Crippen LogP contribution >= 0.6 is 23.2 Å². The van der Waals surface area contributed by atoms with Gasteiger partial charge in [-0.05, 0) is 45.3 Å². The lowest BCUT2D eigenvalue weighted by atomic mass is 9.95. The quantitative estimate of drug-likeness (QED) is 0.307. The Kier molecular flexibility index (Phi) is 6.12. The number of fused-ring (bicyclic) bond motifs is 2. The van der Waals surface area contributed by atoms with Gasteiger partial charge in [-0.3, -0.25) is 4.79 Å². The molecule has 0 bridgehead atoms. The van der Waals surface area contributed by atoms with Crippen LogP contribution in [0.25, 0.3) is 21.5 Å². The van der Waals surface area contributed by atoms with Gasteiger partial charge < -0.3 is 10.1 Å². The van der Waals surface area contributed by atoms with Gasteiger partial charge in [0, 0.05) is 16.5 Å². The van der Waals surface area contributed by atoms with E-state index in [-0.39, 0.29) is 12.3 Å². The maximum atomic E-state index is 13.5. The Hall–Kier alpha value is -3.08. The lowest BCUT2D eigenvalue weighted by molar-refractivity contribution is -0.142. The monoisotopic (exact) mass is 451 g/mol. The van der Waals surface area contributed by atoms with Crippen molar-refractivity contribution in [3.63, 3.8) is 0 Å². The van der Waals surface area contributed by atoms with E-state index in [2.05, 4.69) is 5.32 Å². The fourth-order valence-corrected chi connectivity index (χ4v) is 4.22. The highest BCUT2D eigenvalue weighted by molar-refractivity contribution is 6.35. The number of esters is 1. The number of halogens is 2. The minimum atomic E-state index is -0.908. The van der Waals surface area contributed by atoms with Crippen molar-refractivity contribution in [2.24, 2.45) is 0 Å². The number of nitrogens with one attached hydrogen (secondary N) is 1. The van der Waals surface area contributed by atoms with E-state index in [1.54, 1.807) is 18.2 Å². The molecule has 0 saturated carbocycles. The third-order valence-electron chi connectivity index (χ3n) is 5.23. The van der Waals surface area contributed by atoms with Crippen LogP contribution in [0.15, 0.2) is 72.8 Å². The molecule has 1 N–H and O–H groups in total. The average Bonchev–Trinajstić information content (AvgIpc) is 2.77. The van der Waals surface area contributed by atoms with Crippen LogP contribution in [0.4, 0.5) is 0 Å². The maximum absolute atomic E-state index is 13.5. The predicted molar refractivity (Wildman–Crippen MR) is 125 cm³/mol. The van der Waals surface area contributed by atoms with E-state index in [0.717, 1.165) is 21.5 Å². The molecule has 1 amide bonds. The SMILES string of the molecule is COC(=O)[C@H](Cc1ccc(Cl)cc1Cl)NC(=O)c1c2ccccc2cc2ccccc12. The summed E-state index contributed by atoms with van der Waals surface area (Å²) in [6.07, 6.45) is 0.178. The number of ether oxygens (including phenoxy) is 1. The van der Waals surface area contributed by atoms with Gasteiger partial charge in [0.1, 0.15) is 6.04 Å². The van der Waals surface area contributed by atoms with E-state index in [1.165, 1.54) is 7.11 Å². The number of carbonyl (C=O) groups excluding carboxylic acids is 2. The van der Waals surface area contributed by atoms with E-state index in [1.807, 2.05) is 54.6 Å². The zero-order chi connectivity index (χ0) is 22.0. The summed E-state index contributed by atoms with van der Waals surface area (Å²) in [6.45, 7) is 0. The Balaban J connectivity index is 1.75. The highest BCUT2D eigenvalue weighted by Gasteiger charge is 2.25. The summed E-state index contributed by atoms with van der Waals surface area (Å²) in [4.78, 5) is 25.9. The molecule has 0 saturated heterocycles. The summed E-state index contributed by atoms with van der Waals surface area (Å²) in [7, 11) is 1.29. The second-order valence-corrected chi connectivity index (χ2v) is 8.03. The number of benzene rings is 4. The van der Waals surface area contributed by atoms with Crippen molar-refractivity contribution in [1.82, 2.24) is 5.32 Å². The molecule has 31 heavy (non-hydrogen) atoms. The zero-order valence-electron chi connectivity index (χ0n) is 16.7. The minimum Gasteiger partial charge on any atom is -0.467 e. The van der Waals surface area contributed by atoms with Crippen LogP contribution in [0.1, 0.15) is 15.9 Å². The molecule has 0 unspecified atom stereocenters. The van der Waals surface area contributed by atoms with Crippen LogP contribution in [0.5, 0.6) is 0 Å². The molecule has 1 atom stereocenters. The molecule has 0 aromatic heterocycles. The van der Waals surface area contributed by atoms with Crippen molar-refractivity contribution in [3.8, 4) is 0 Å². The van der Waals surface area contributed by atoms with Crippen molar-refractivity contribution in [3.05, 3.63) is 94.0 Å². The highest BCUT2D eigenvalue weighted by Crippen LogP contribution is 2.29. The van der Waals surface area contributed by atoms with Crippen molar-refractivity contribution in [1.29, 1.82) is 0 Å². The highest BCUT2D eigenvalue weighted by atomic mass is 35.5. The first kappa shape index (κ1) is 21.2. The van der Waals surface area contributed by atoms with E-state index in [4.69, 9.17) is 27.9 Å². The Bertz CT molecular complexity index is 1250. The summed E-state index contributed by atoms with van der Waals surface area (Å²) in [5, 5.41) is 7.29. The van der Waals surface area contributed by atoms with Gasteiger partial charge in [-0.1, -0.05) is 77.8 Å². The van der Waals surface area contributed by atoms with Crippen LogP contribution in [0, 0.1) is 0 Å². The van der Waals surface area contributed by atoms with Crippen molar-refractivity contribution >= 4 is 56.6 Å². The molecule has 4 aromatic rings. The lowest BCUT2D eigenvalue weighted by Gasteiger charge is -2.19. The number of hydrogen-bond acceptors (Lipinski definition) is 3. The molecule has 0 aliphatic carbocycles. The summed E-state index contributed by atoms with van der Waals surface area (Å²) >= 11 is 12.3. The second kappa shape index (κ2) is 8.96. The van der Waals surface area contributed by atoms with Gasteiger partial charge in [-0.2, -0.15) is 0 Å². The maximum Gasteiger partial charge on any atom is 0.328 e. The van der Waals surface area contributed by atoms with Gasteiger partial charge in [0.2, 0.25) is 0 Å². The first-order valence-corrected chi connectivity index (χ1v) is 10.5. The molecule has 156 valence electrons. The largest absolute Gasteiger partial charge is 0.467 e. The van der Waals surface area contributed by atoms with E-state index >= 15 is 0 Å². The molecule has 0 spiro atoms. The first-order valence-electron chi connectivity index (χ1n) is 9.71.